The van der Waals surface area contributed by atoms with Crippen LogP contribution in [-0.2, 0) is 20.7 Å². The molecule has 0 amide bonds. The van der Waals surface area contributed by atoms with Crippen LogP contribution in [0.3, 0.4) is 0 Å². The number of hydrogen-bond acceptors (Lipinski definition) is 12. The highest BCUT2D eigenvalue weighted by atomic mass is 19.4. The van der Waals surface area contributed by atoms with Gasteiger partial charge in [-0.15, -0.1) is 0 Å². The third kappa shape index (κ3) is 9.57. The molecule has 0 spiro atoms. The number of fused-ring (bicyclic) bond motifs is 3. The molecule has 12 nitrogen and oxygen atoms in total. The van der Waals surface area contributed by atoms with E-state index in [1.807, 2.05) is 50.9 Å². The molecule has 0 saturated carbocycles. The highest BCUT2D eigenvalue weighted by molar-refractivity contribution is 6.02. The normalized spacial score (nSPS) is 21.9. The minimum Gasteiger partial charge on any atom is -0.477 e. The number of nitrogens with zero attached hydrogens (tertiary/aromatic N) is 6. The fourth-order valence-corrected chi connectivity index (χ4v) is 8.90. The summed E-state index contributed by atoms with van der Waals surface area (Å²) in [6.07, 6.45) is -2.08. The third-order valence-corrected chi connectivity index (χ3v) is 11.3. The lowest BCUT2D eigenvalue weighted by Gasteiger charge is -2.39. The van der Waals surface area contributed by atoms with Gasteiger partial charge < -0.3 is 29.3 Å². The first kappa shape index (κ1) is 44.8. The van der Waals surface area contributed by atoms with Crippen LogP contribution in [0.4, 0.5) is 27.8 Å². The van der Waals surface area contributed by atoms with E-state index in [9.17, 15) is 22.8 Å². The number of ether oxygens (including phenoxy) is 3. The Morgan fingerprint density at radius 1 is 1.03 bits per heavy atom. The second-order valence-corrected chi connectivity index (χ2v) is 16.3. The average Bonchev–Trinajstić information content (AvgIpc) is 3.77. The van der Waals surface area contributed by atoms with E-state index in [0.29, 0.717) is 41.3 Å². The average molecular weight is 844 g/mol. The van der Waals surface area contributed by atoms with E-state index in [1.54, 1.807) is 25.1 Å². The number of benzene rings is 2. The number of pyridine rings is 1. The molecule has 0 radical (unpaired) electrons. The van der Waals surface area contributed by atoms with Gasteiger partial charge in [-0.25, -0.2) is 13.8 Å². The summed E-state index contributed by atoms with van der Waals surface area (Å²) in [6, 6.07) is 7.37. The van der Waals surface area contributed by atoms with Crippen molar-refractivity contribution in [3.05, 3.63) is 47.5 Å². The number of carbonyl (C=O) groups excluding carboxylic acids is 2. The first-order valence-electron chi connectivity index (χ1n) is 20.5. The van der Waals surface area contributed by atoms with Gasteiger partial charge in [0.1, 0.15) is 41.4 Å². The lowest BCUT2D eigenvalue weighted by molar-refractivity contribution is -0.171. The predicted octanol–water partition coefficient (Wildman–Crippen LogP) is 6.89. The first-order valence-corrected chi connectivity index (χ1v) is 20.5. The molecule has 5 heterocycles. The number of carbonyl (C=O) groups is 2. The summed E-state index contributed by atoms with van der Waals surface area (Å²) in [5.74, 6) is -2.80. The molecule has 0 aliphatic carbocycles. The molecular formula is C43H54F5N7O5. The van der Waals surface area contributed by atoms with Gasteiger partial charge >= 0.3 is 12.2 Å². The fraction of sp³-hybridized carbons (Fsp3) is 0.558. The molecule has 4 aromatic rings. The number of ketones is 1. The molecule has 4 atom stereocenters. The van der Waals surface area contributed by atoms with Crippen LogP contribution in [0.25, 0.3) is 32.9 Å². The number of rotatable bonds is 14. The van der Waals surface area contributed by atoms with Crippen LogP contribution in [0, 0.1) is 11.6 Å². The van der Waals surface area contributed by atoms with Gasteiger partial charge in [0.25, 0.3) is 6.47 Å². The van der Waals surface area contributed by atoms with E-state index in [2.05, 4.69) is 15.2 Å². The van der Waals surface area contributed by atoms with Crippen LogP contribution in [0.15, 0.2) is 30.3 Å². The molecule has 60 heavy (non-hydrogen) atoms. The van der Waals surface area contributed by atoms with E-state index in [0.717, 1.165) is 32.2 Å². The zero-order valence-electron chi connectivity index (χ0n) is 35.0. The number of hydrogen-bond donors (Lipinski definition) is 1. The van der Waals surface area contributed by atoms with Crippen molar-refractivity contribution in [2.45, 2.75) is 95.6 Å². The summed E-state index contributed by atoms with van der Waals surface area (Å²) >= 11 is 0. The number of alkyl halides is 3. The number of aromatic nitrogens is 3. The summed E-state index contributed by atoms with van der Waals surface area (Å²) in [5, 5.41) is 4.64. The minimum absolute atomic E-state index is 0.0243. The zero-order valence-corrected chi connectivity index (χ0v) is 35.0. The summed E-state index contributed by atoms with van der Waals surface area (Å²) in [7, 11) is 6.00. The molecule has 2 aromatic heterocycles. The van der Waals surface area contributed by atoms with Gasteiger partial charge in [0, 0.05) is 43.2 Å². The molecule has 0 bridgehead atoms. The lowest BCUT2D eigenvalue weighted by Crippen LogP contribution is -2.56. The van der Waals surface area contributed by atoms with Crippen LogP contribution in [0.5, 0.6) is 11.9 Å². The van der Waals surface area contributed by atoms with Crippen molar-refractivity contribution in [3.63, 3.8) is 0 Å². The Morgan fingerprint density at radius 2 is 1.80 bits per heavy atom. The fourth-order valence-electron chi connectivity index (χ4n) is 8.90. The summed E-state index contributed by atoms with van der Waals surface area (Å²) in [6.45, 7) is 7.70. The second kappa shape index (κ2) is 18.9. The largest absolute Gasteiger partial charge is 0.477 e. The number of anilines is 1. The molecule has 3 aliphatic rings. The standard InChI is InChI=1S/C40H45F5N6O5.C3H9N/c1-4-27-29(41)12-10-24-8-6-9-28(31(24)27)34-33(42)35-32(37(47-34)55-5-2)36(50-18-23(3)46-25(19-50)11-13-30(53)40(43,44)45)49-38(48-35)56-21-39-15-7-17-51(39)26(14-16-39)20-54-22-52;1-4(2)3/h6,8-10,12,22-23,25-26,46H,4-5,7,11,13-21H2,1-3H3;1-3H3/t23?,25?,26-,39?;/m1./s1. The molecule has 3 saturated heterocycles. The topological polar surface area (TPSA) is 122 Å². The van der Waals surface area contributed by atoms with Crippen LogP contribution in [0.1, 0.15) is 64.9 Å². The van der Waals surface area contributed by atoms with Crippen molar-refractivity contribution < 1.29 is 45.8 Å². The molecular weight excluding hydrogens is 790 g/mol. The molecule has 7 rings (SSSR count). The molecule has 17 heteroatoms. The molecule has 326 valence electrons. The van der Waals surface area contributed by atoms with Gasteiger partial charge in [0.2, 0.25) is 11.7 Å². The van der Waals surface area contributed by atoms with E-state index in [-0.39, 0.29) is 84.7 Å². The van der Waals surface area contributed by atoms with E-state index < -0.39 is 36.1 Å². The smallest absolute Gasteiger partial charge is 0.449 e. The molecule has 3 aliphatic heterocycles. The Balaban J connectivity index is 0.00000144. The van der Waals surface area contributed by atoms with Crippen molar-refractivity contribution in [3.8, 4) is 23.1 Å². The van der Waals surface area contributed by atoms with E-state index in [1.165, 1.54) is 6.07 Å². The van der Waals surface area contributed by atoms with Gasteiger partial charge in [0.05, 0.1) is 12.1 Å². The molecule has 1 N–H and O–H groups in total. The summed E-state index contributed by atoms with van der Waals surface area (Å²) < 4.78 is 89.6. The maximum absolute atomic E-state index is 17.4. The predicted molar refractivity (Wildman–Crippen MR) is 218 cm³/mol. The van der Waals surface area contributed by atoms with Crippen molar-refractivity contribution in [1.29, 1.82) is 0 Å². The molecule has 3 fully saturated rings. The highest BCUT2D eigenvalue weighted by Gasteiger charge is 2.50. The Bertz CT molecular complexity index is 2170. The van der Waals surface area contributed by atoms with Gasteiger partial charge in [0.15, 0.2) is 5.82 Å². The van der Waals surface area contributed by atoms with Gasteiger partial charge in [-0.05, 0) is 102 Å². The van der Waals surface area contributed by atoms with E-state index in [4.69, 9.17) is 24.2 Å². The highest BCUT2D eigenvalue weighted by Crippen LogP contribution is 2.44. The Labute approximate surface area is 346 Å². The Hall–Kier alpha value is -4.74. The second-order valence-electron chi connectivity index (χ2n) is 16.3. The SMILES string of the molecule is CCOc1nc(-c2cccc3ccc(F)c(CC)c23)c(F)c2nc(OCC34CCCN3[C@@H](COC=O)CC4)nc(N3CC(C)NC(CCC(=O)C(F)(F)F)C3)c12.CN(C)C. The van der Waals surface area contributed by atoms with Crippen LogP contribution >= 0.6 is 0 Å². The lowest BCUT2D eigenvalue weighted by atomic mass is 9.95. The number of nitrogens with one attached hydrogen (secondary N) is 1. The van der Waals surface area contributed by atoms with Crippen molar-refractivity contribution >= 4 is 39.7 Å². The number of halogens is 5. The minimum atomic E-state index is -4.94. The van der Waals surface area contributed by atoms with Gasteiger partial charge in [-0.1, -0.05) is 31.2 Å². The molecule has 3 unspecified atom stereocenters. The Morgan fingerprint density at radius 3 is 2.50 bits per heavy atom. The van der Waals surface area contributed by atoms with Crippen molar-refractivity contribution in [2.75, 3.05) is 65.5 Å². The van der Waals surface area contributed by atoms with Gasteiger partial charge in [-0.3, -0.25) is 14.5 Å². The van der Waals surface area contributed by atoms with Crippen molar-refractivity contribution in [2.24, 2.45) is 0 Å². The third-order valence-electron chi connectivity index (χ3n) is 11.3. The number of piperazine rings is 1. The maximum Gasteiger partial charge on any atom is 0.449 e. The summed E-state index contributed by atoms with van der Waals surface area (Å²) in [5.41, 5.74) is 0.126. The molecule has 2 aromatic carbocycles. The van der Waals surface area contributed by atoms with Crippen LogP contribution in [0.2, 0.25) is 0 Å². The van der Waals surface area contributed by atoms with E-state index >= 15 is 8.78 Å². The monoisotopic (exact) mass is 843 g/mol. The zero-order chi connectivity index (χ0) is 43.4. The number of aryl methyl sites for hydroxylation is 1. The van der Waals surface area contributed by atoms with Crippen LogP contribution in [-0.4, -0.2) is 127 Å². The van der Waals surface area contributed by atoms with Gasteiger partial charge in [-0.2, -0.15) is 23.1 Å². The first-order chi connectivity index (χ1) is 28.6. The summed E-state index contributed by atoms with van der Waals surface area (Å²) in [4.78, 5) is 43.1. The Kier molecular flexibility index (Phi) is 14.1. The van der Waals surface area contributed by atoms with Crippen LogP contribution < -0.4 is 19.7 Å². The van der Waals surface area contributed by atoms with Crippen molar-refractivity contribution in [1.82, 2.24) is 30.1 Å². The maximum atomic E-state index is 17.4. The quantitative estimate of drug-likeness (QED) is 0.105. The number of Topliss-reactive ketones (excluding diaryl/α,β-unsaturated/α-hetero) is 1.